The van der Waals surface area contributed by atoms with Gasteiger partial charge in [-0.3, -0.25) is 9.58 Å². The maximum Gasteiger partial charge on any atom is 0.401 e. The summed E-state index contributed by atoms with van der Waals surface area (Å²) < 4.78 is 39.8. The molecular formula is C20H27F3N4O2. The summed E-state index contributed by atoms with van der Waals surface area (Å²) in [7, 11) is 1.77. The summed E-state index contributed by atoms with van der Waals surface area (Å²) in [6.07, 6.45) is -0.690. The third-order valence-electron chi connectivity index (χ3n) is 5.74. The number of carbonyl (C=O) groups is 1. The molecule has 0 spiro atoms. The third-order valence-corrected chi connectivity index (χ3v) is 5.74. The lowest BCUT2D eigenvalue weighted by Crippen LogP contribution is -2.47. The van der Waals surface area contributed by atoms with Crippen molar-refractivity contribution in [3.63, 3.8) is 0 Å². The van der Waals surface area contributed by atoms with Crippen molar-refractivity contribution in [2.24, 2.45) is 7.05 Å². The molecule has 0 unspecified atom stereocenters. The highest BCUT2D eigenvalue weighted by atomic mass is 19.4. The predicted molar refractivity (Wildman–Crippen MR) is 106 cm³/mol. The van der Waals surface area contributed by atoms with E-state index in [2.05, 4.69) is 10.00 Å². The van der Waals surface area contributed by atoms with Gasteiger partial charge >= 0.3 is 12.1 Å². The highest BCUT2D eigenvalue weighted by Gasteiger charge is 2.34. The summed E-state index contributed by atoms with van der Waals surface area (Å²) in [4.78, 5) is 15.5. The van der Waals surface area contributed by atoms with Gasteiger partial charge < -0.3 is 10.0 Å². The number of rotatable bonds is 6. The maximum absolute atomic E-state index is 12.7. The summed E-state index contributed by atoms with van der Waals surface area (Å²) in [6.45, 7) is 4.43. The van der Waals surface area contributed by atoms with Crippen LogP contribution in [0, 0.1) is 0 Å². The Morgan fingerprint density at radius 3 is 2.48 bits per heavy atom. The van der Waals surface area contributed by atoms with Gasteiger partial charge in [-0.1, -0.05) is 6.92 Å². The van der Waals surface area contributed by atoms with Crippen molar-refractivity contribution in [3.8, 4) is 0 Å². The second kappa shape index (κ2) is 8.22. The average molecular weight is 412 g/mol. The topological polar surface area (TPSA) is 61.6 Å². The van der Waals surface area contributed by atoms with Crippen molar-refractivity contribution >= 4 is 22.6 Å². The second-order valence-corrected chi connectivity index (χ2v) is 7.52. The van der Waals surface area contributed by atoms with Gasteiger partial charge in [-0.15, -0.1) is 0 Å². The van der Waals surface area contributed by atoms with E-state index >= 15 is 0 Å². The first-order valence-corrected chi connectivity index (χ1v) is 9.92. The number of nitrogens with zero attached hydrogens (tertiary/aromatic N) is 4. The van der Waals surface area contributed by atoms with Gasteiger partial charge in [0, 0.05) is 38.1 Å². The smallest absolute Gasteiger partial charge is 0.401 e. The van der Waals surface area contributed by atoms with Crippen LogP contribution in [0.1, 0.15) is 42.6 Å². The van der Waals surface area contributed by atoms with Crippen LogP contribution in [-0.4, -0.2) is 64.2 Å². The number of carboxylic acid groups (broad SMARTS) is 1. The number of halogens is 3. The molecule has 2 aromatic rings. The molecule has 0 amide bonds. The average Bonchev–Trinajstić information content (AvgIpc) is 3.02. The van der Waals surface area contributed by atoms with E-state index in [1.807, 2.05) is 13.8 Å². The molecule has 1 fully saturated rings. The highest BCUT2D eigenvalue weighted by Crippen LogP contribution is 2.37. The molecule has 1 aromatic carbocycles. The number of carboxylic acids is 1. The quantitative estimate of drug-likeness (QED) is 0.784. The van der Waals surface area contributed by atoms with Crippen molar-refractivity contribution in [3.05, 3.63) is 23.4 Å². The Labute approximate surface area is 167 Å². The largest absolute Gasteiger partial charge is 0.478 e. The monoisotopic (exact) mass is 412 g/mol. The van der Waals surface area contributed by atoms with Gasteiger partial charge in [0.2, 0.25) is 0 Å². The minimum atomic E-state index is -4.19. The molecule has 3 rings (SSSR count). The molecule has 6 nitrogen and oxygen atoms in total. The van der Waals surface area contributed by atoms with Crippen LogP contribution >= 0.6 is 0 Å². The van der Waals surface area contributed by atoms with Gasteiger partial charge in [-0.2, -0.15) is 18.3 Å². The van der Waals surface area contributed by atoms with Gasteiger partial charge in [-0.05, 0) is 37.8 Å². The van der Waals surface area contributed by atoms with E-state index in [1.165, 1.54) is 4.90 Å². The van der Waals surface area contributed by atoms with E-state index < -0.39 is 18.7 Å². The molecule has 1 aliphatic rings. The fraction of sp³-hybridized carbons (Fsp3) is 0.600. The number of likely N-dealkylation sites (tertiary alicyclic amines) is 1. The number of benzene rings is 1. The van der Waals surface area contributed by atoms with Crippen LogP contribution in [0.15, 0.2) is 12.3 Å². The second-order valence-electron chi connectivity index (χ2n) is 7.52. The van der Waals surface area contributed by atoms with Crippen molar-refractivity contribution < 1.29 is 23.1 Å². The lowest BCUT2D eigenvalue weighted by Gasteiger charge is -2.40. The number of hydrogen-bond acceptors (Lipinski definition) is 4. The molecule has 2 heterocycles. The van der Waals surface area contributed by atoms with E-state index in [4.69, 9.17) is 0 Å². The summed E-state index contributed by atoms with van der Waals surface area (Å²) in [5, 5.41) is 14.9. The molecule has 0 saturated carbocycles. The van der Waals surface area contributed by atoms with E-state index in [1.54, 1.807) is 24.0 Å². The lowest BCUT2D eigenvalue weighted by atomic mass is 9.95. The number of aryl methyl sites for hydroxylation is 1. The molecule has 0 aliphatic carbocycles. The van der Waals surface area contributed by atoms with E-state index in [9.17, 15) is 23.1 Å². The molecular weight excluding hydrogens is 385 g/mol. The van der Waals surface area contributed by atoms with Crippen LogP contribution < -0.4 is 4.90 Å². The zero-order valence-electron chi connectivity index (χ0n) is 17.0. The Kier molecular flexibility index (Phi) is 6.07. The van der Waals surface area contributed by atoms with Gasteiger partial charge in [-0.25, -0.2) is 4.79 Å². The number of fused-ring (bicyclic) bond motifs is 1. The lowest BCUT2D eigenvalue weighted by molar-refractivity contribution is -0.147. The van der Waals surface area contributed by atoms with Crippen molar-refractivity contribution in [1.82, 2.24) is 14.7 Å². The summed E-state index contributed by atoms with van der Waals surface area (Å²) in [5.41, 5.74) is 2.60. The SMILES string of the molecule is CCc1c(C(=O)O)cc2c(cnn2C)c1N(CC)C1CCN(CC(F)(F)F)CC1. The van der Waals surface area contributed by atoms with Crippen LogP contribution in [0.25, 0.3) is 10.9 Å². The Morgan fingerprint density at radius 1 is 1.31 bits per heavy atom. The van der Waals surface area contributed by atoms with Gasteiger partial charge in [0.05, 0.1) is 29.5 Å². The number of hydrogen-bond donors (Lipinski definition) is 1. The predicted octanol–water partition coefficient (Wildman–Crippen LogP) is 3.69. The van der Waals surface area contributed by atoms with Crippen LogP contribution in [0.3, 0.4) is 0 Å². The molecule has 0 atom stereocenters. The Balaban J connectivity index is 1.98. The van der Waals surface area contributed by atoms with Crippen molar-refractivity contribution in [2.75, 3.05) is 31.1 Å². The van der Waals surface area contributed by atoms with Crippen LogP contribution in [0.2, 0.25) is 0 Å². The molecule has 160 valence electrons. The fourth-order valence-corrected chi connectivity index (χ4v) is 4.43. The molecule has 29 heavy (non-hydrogen) atoms. The first-order valence-electron chi connectivity index (χ1n) is 9.92. The Hall–Kier alpha value is -2.29. The van der Waals surface area contributed by atoms with E-state index in [-0.39, 0.29) is 11.6 Å². The minimum Gasteiger partial charge on any atom is -0.478 e. The Bertz CT molecular complexity index is 886. The zero-order chi connectivity index (χ0) is 21.3. The van der Waals surface area contributed by atoms with Gasteiger partial charge in [0.1, 0.15) is 0 Å². The third kappa shape index (κ3) is 4.34. The van der Waals surface area contributed by atoms with Crippen LogP contribution in [0.5, 0.6) is 0 Å². The first-order chi connectivity index (χ1) is 13.7. The number of aromatic carboxylic acids is 1. The highest BCUT2D eigenvalue weighted by molar-refractivity contribution is 6.02. The molecule has 1 aliphatic heterocycles. The van der Waals surface area contributed by atoms with E-state index in [0.29, 0.717) is 38.9 Å². The summed E-state index contributed by atoms with van der Waals surface area (Å²) >= 11 is 0. The standard InChI is InChI=1S/C20H27F3N4O2/c1-4-14-15(19(28)29)10-17-16(11-24-25(17)3)18(14)27(5-2)13-6-8-26(9-7-13)12-20(21,22)23/h10-11,13H,4-9,12H2,1-3H3,(H,28,29). The molecule has 0 radical (unpaired) electrons. The number of aromatic nitrogens is 2. The Morgan fingerprint density at radius 2 is 1.97 bits per heavy atom. The maximum atomic E-state index is 12.7. The van der Waals surface area contributed by atoms with Crippen molar-refractivity contribution in [2.45, 2.75) is 45.3 Å². The summed E-state index contributed by atoms with van der Waals surface area (Å²) in [5.74, 6) is -0.984. The number of anilines is 1. The molecule has 9 heteroatoms. The fourth-order valence-electron chi connectivity index (χ4n) is 4.43. The van der Waals surface area contributed by atoms with Crippen molar-refractivity contribution in [1.29, 1.82) is 0 Å². The molecule has 1 saturated heterocycles. The summed E-state index contributed by atoms with van der Waals surface area (Å²) in [6, 6.07) is 1.72. The first kappa shape index (κ1) is 21.4. The molecule has 1 aromatic heterocycles. The minimum absolute atomic E-state index is 0.0576. The number of piperidine rings is 1. The van der Waals surface area contributed by atoms with Gasteiger partial charge in [0.25, 0.3) is 0 Å². The molecule has 0 bridgehead atoms. The van der Waals surface area contributed by atoms with Gasteiger partial charge in [0.15, 0.2) is 0 Å². The number of alkyl halides is 3. The van der Waals surface area contributed by atoms with E-state index in [0.717, 1.165) is 22.2 Å². The van der Waals surface area contributed by atoms with Crippen LogP contribution in [-0.2, 0) is 13.5 Å². The normalized spacial score (nSPS) is 16.5. The van der Waals surface area contributed by atoms with Crippen LogP contribution in [0.4, 0.5) is 18.9 Å². The molecule has 1 N–H and O–H groups in total. The zero-order valence-corrected chi connectivity index (χ0v) is 17.0.